The molecule has 0 aliphatic heterocycles. The molecule has 4 aromatic rings. The van der Waals surface area contributed by atoms with Crippen LogP contribution < -0.4 is 11.1 Å². The van der Waals surface area contributed by atoms with Gasteiger partial charge >= 0.3 is 6.18 Å². The minimum atomic E-state index is -4.92. The summed E-state index contributed by atoms with van der Waals surface area (Å²) in [6, 6.07) is 4.54. The van der Waals surface area contributed by atoms with Gasteiger partial charge < -0.3 is 15.6 Å². The fourth-order valence-electron chi connectivity index (χ4n) is 3.51. The van der Waals surface area contributed by atoms with E-state index in [2.05, 4.69) is 20.6 Å². The minimum absolute atomic E-state index is 0.00346. The van der Waals surface area contributed by atoms with Crippen molar-refractivity contribution in [1.82, 2.24) is 19.9 Å². The lowest BCUT2D eigenvalue weighted by molar-refractivity contribution is -0.140. The quantitative estimate of drug-likeness (QED) is 0.357. The number of carbonyl (C=O) groups excluding carboxylic acids is 2. The third-order valence-electron chi connectivity index (χ3n) is 5.34. The van der Waals surface area contributed by atoms with Gasteiger partial charge in [-0.1, -0.05) is 23.7 Å². The number of aromatic nitrogens is 4. The summed E-state index contributed by atoms with van der Waals surface area (Å²) >= 11 is 5.83. The number of nitrogens with zero attached hydrogens (tertiary/aromatic N) is 4. The number of hydrogen-bond donors (Lipinski definition) is 2. The van der Waals surface area contributed by atoms with Crippen LogP contribution in [0.25, 0.3) is 10.9 Å². The van der Waals surface area contributed by atoms with E-state index >= 15 is 0 Å². The minimum Gasteiger partial charge on any atom is -0.364 e. The maximum absolute atomic E-state index is 14.0. The molecule has 3 heterocycles. The topological polar surface area (TPSA) is 129 Å². The fourth-order valence-corrected chi connectivity index (χ4v) is 3.67. The zero-order chi connectivity index (χ0) is 26.4. The number of halogens is 5. The summed E-state index contributed by atoms with van der Waals surface area (Å²) in [5, 5.41) is 9.28. The summed E-state index contributed by atoms with van der Waals surface area (Å²) in [7, 11) is 0. The lowest BCUT2D eigenvalue weighted by Crippen LogP contribution is -2.19. The van der Waals surface area contributed by atoms with Gasteiger partial charge in [0.2, 0.25) is 0 Å². The number of pyridine rings is 1. The summed E-state index contributed by atoms with van der Waals surface area (Å²) in [5.74, 6) is -2.68. The monoisotopic (exact) mass is 524 g/mol. The molecule has 2 amide bonds. The van der Waals surface area contributed by atoms with Gasteiger partial charge in [-0.05, 0) is 25.5 Å². The number of aryl methyl sites for hydroxylation is 1. The molecule has 3 aromatic heterocycles. The number of alkyl halides is 3. The smallest absolute Gasteiger partial charge is 0.364 e. The highest BCUT2D eigenvalue weighted by Gasteiger charge is 2.39. The van der Waals surface area contributed by atoms with Crippen LogP contribution >= 0.6 is 11.6 Å². The van der Waals surface area contributed by atoms with E-state index in [4.69, 9.17) is 21.9 Å². The number of hydrogen-bond acceptors (Lipinski definition) is 6. The van der Waals surface area contributed by atoms with Crippen LogP contribution in [0.3, 0.4) is 0 Å². The number of amides is 2. The van der Waals surface area contributed by atoms with Crippen LogP contribution in [-0.2, 0) is 19.1 Å². The number of carbonyl (C=O) groups is 2. The molecule has 0 aliphatic rings. The first kappa shape index (κ1) is 25.1. The van der Waals surface area contributed by atoms with Crippen LogP contribution in [0.1, 0.15) is 50.6 Å². The highest BCUT2D eigenvalue weighted by atomic mass is 35.5. The Bertz CT molecular complexity index is 1510. The summed E-state index contributed by atoms with van der Waals surface area (Å²) in [4.78, 5) is 28.8. The highest BCUT2D eigenvalue weighted by molar-refractivity contribution is 6.31. The Hall–Kier alpha value is -4.00. The SMILES string of the molecule is CCc1cc(Cn2nc(C(F)(F)F)c(NC(=O)c3cc(C(N)=O)nc4cc(F)c(Cl)cc34)c2C)on1. The molecular formula is C22H17ClF4N6O3. The Balaban J connectivity index is 1.79. The van der Waals surface area contributed by atoms with E-state index in [1.165, 1.54) is 6.92 Å². The van der Waals surface area contributed by atoms with Gasteiger partial charge in [-0.3, -0.25) is 14.3 Å². The van der Waals surface area contributed by atoms with Crippen LogP contribution in [0.4, 0.5) is 23.2 Å². The van der Waals surface area contributed by atoms with Crippen molar-refractivity contribution in [3.05, 3.63) is 69.2 Å². The summed E-state index contributed by atoms with van der Waals surface area (Å²) in [6.07, 6.45) is -4.35. The van der Waals surface area contributed by atoms with E-state index in [1.54, 1.807) is 6.07 Å². The first-order valence-corrected chi connectivity index (χ1v) is 10.8. The van der Waals surface area contributed by atoms with E-state index in [0.29, 0.717) is 12.1 Å². The maximum Gasteiger partial charge on any atom is 0.437 e. The molecule has 188 valence electrons. The van der Waals surface area contributed by atoms with Gasteiger partial charge in [0.1, 0.15) is 18.1 Å². The fraction of sp³-hybridized carbons (Fsp3) is 0.227. The van der Waals surface area contributed by atoms with E-state index in [1.807, 2.05) is 6.92 Å². The van der Waals surface area contributed by atoms with Gasteiger partial charge in [0.15, 0.2) is 11.5 Å². The lowest BCUT2D eigenvalue weighted by atomic mass is 10.1. The van der Waals surface area contributed by atoms with Crippen molar-refractivity contribution in [3.8, 4) is 0 Å². The van der Waals surface area contributed by atoms with Gasteiger partial charge in [0.25, 0.3) is 11.8 Å². The molecule has 3 N–H and O–H groups in total. The Kier molecular flexibility index (Phi) is 6.43. The zero-order valence-electron chi connectivity index (χ0n) is 18.7. The summed E-state index contributed by atoms with van der Waals surface area (Å²) in [5.41, 5.74) is 3.07. The number of primary amides is 1. The van der Waals surface area contributed by atoms with Crippen LogP contribution in [-0.4, -0.2) is 31.7 Å². The number of anilines is 1. The van der Waals surface area contributed by atoms with Crippen LogP contribution in [0.2, 0.25) is 5.02 Å². The van der Waals surface area contributed by atoms with Crippen molar-refractivity contribution in [2.75, 3.05) is 5.32 Å². The van der Waals surface area contributed by atoms with Crippen molar-refractivity contribution in [3.63, 3.8) is 0 Å². The number of nitrogens with two attached hydrogens (primary N) is 1. The molecule has 9 nitrogen and oxygen atoms in total. The van der Waals surface area contributed by atoms with E-state index in [9.17, 15) is 27.2 Å². The molecule has 0 atom stereocenters. The second kappa shape index (κ2) is 9.22. The molecule has 0 bridgehead atoms. The molecule has 14 heteroatoms. The summed E-state index contributed by atoms with van der Waals surface area (Å²) < 4.78 is 61.6. The molecule has 0 radical (unpaired) electrons. The molecule has 0 unspecified atom stereocenters. The second-order valence-corrected chi connectivity index (χ2v) is 8.17. The van der Waals surface area contributed by atoms with Gasteiger partial charge in [-0.25, -0.2) is 9.37 Å². The molecule has 4 rings (SSSR count). The standard InChI is InChI=1S/C22H17ClF4N6O3/c1-3-10-4-11(36-32-10)8-33-9(2)18(19(31-33)22(25,26)27)30-21(35)13-6-17(20(28)34)29-16-7-15(24)14(23)5-12(13)16/h4-7H,3,8H2,1-2H3,(H2,28,34)(H,30,35). The van der Waals surface area contributed by atoms with Crippen molar-refractivity contribution in [2.24, 2.45) is 5.73 Å². The Labute approximate surface area is 205 Å². The van der Waals surface area contributed by atoms with Crippen LogP contribution in [0.5, 0.6) is 0 Å². The average molecular weight is 525 g/mol. The predicted octanol–water partition coefficient (Wildman–Crippen LogP) is 4.50. The Morgan fingerprint density at radius 1 is 1.22 bits per heavy atom. The first-order valence-electron chi connectivity index (χ1n) is 10.4. The van der Waals surface area contributed by atoms with Crippen LogP contribution in [0.15, 0.2) is 28.8 Å². The largest absolute Gasteiger partial charge is 0.437 e. The number of fused-ring (bicyclic) bond motifs is 1. The number of rotatable bonds is 6. The predicted molar refractivity (Wildman–Crippen MR) is 120 cm³/mol. The zero-order valence-corrected chi connectivity index (χ0v) is 19.5. The molecule has 1 aromatic carbocycles. The molecule has 0 spiro atoms. The molecule has 0 saturated heterocycles. The highest BCUT2D eigenvalue weighted by Crippen LogP contribution is 2.37. The van der Waals surface area contributed by atoms with Gasteiger partial charge in [-0.2, -0.15) is 18.3 Å². The third-order valence-corrected chi connectivity index (χ3v) is 5.63. The van der Waals surface area contributed by atoms with E-state index in [0.717, 1.165) is 22.9 Å². The molecular weight excluding hydrogens is 508 g/mol. The maximum atomic E-state index is 14.0. The second-order valence-electron chi connectivity index (χ2n) is 7.76. The first-order chi connectivity index (χ1) is 16.9. The lowest BCUT2D eigenvalue weighted by Gasteiger charge is -2.12. The summed E-state index contributed by atoms with van der Waals surface area (Å²) in [6.45, 7) is 3.00. The van der Waals surface area contributed by atoms with Gasteiger partial charge in [0, 0.05) is 17.5 Å². The normalized spacial score (nSPS) is 11.8. The number of nitrogens with one attached hydrogen (secondary N) is 1. The van der Waals surface area contributed by atoms with Crippen LogP contribution in [0, 0.1) is 12.7 Å². The van der Waals surface area contributed by atoms with Crippen molar-refractivity contribution in [1.29, 1.82) is 0 Å². The van der Waals surface area contributed by atoms with Gasteiger partial charge in [-0.15, -0.1) is 0 Å². The third kappa shape index (κ3) is 4.73. The Morgan fingerprint density at radius 3 is 2.56 bits per heavy atom. The number of benzene rings is 1. The molecule has 0 aliphatic carbocycles. The van der Waals surface area contributed by atoms with Crippen molar-refractivity contribution < 1.29 is 31.7 Å². The Morgan fingerprint density at radius 2 is 1.94 bits per heavy atom. The molecule has 36 heavy (non-hydrogen) atoms. The van der Waals surface area contributed by atoms with E-state index in [-0.39, 0.29) is 39.5 Å². The van der Waals surface area contributed by atoms with Gasteiger partial charge in [0.05, 0.1) is 33.2 Å². The van der Waals surface area contributed by atoms with Crippen molar-refractivity contribution >= 4 is 40.0 Å². The average Bonchev–Trinajstić information content (AvgIpc) is 3.38. The molecule has 0 fully saturated rings. The van der Waals surface area contributed by atoms with E-state index < -0.39 is 40.9 Å². The molecule has 0 saturated carbocycles. The van der Waals surface area contributed by atoms with Crippen molar-refractivity contribution in [2.45, 2.75) is 33.0 Å².